The fourth-order valence-electron chi connectivity index (χ4n) is 6.26. The van der Waals surface area contributed by atoms with Gasteiger partial charge in [0.25, 0.3) is 0 Å². The van der Waals surface area contributed by atoms with E-state index in [1.807, 2.05) is 838 Å². The minimum Gasteiger partial charge on any atom is -0.399 e. The van der Waals surface area contributed by atoms with Crippen molar-refractivity contribution in [3.05, 3.63) is 133 Å². The van der Waals surface area contributed by atoms with Crippen LogP contribution in [-0.4, -0.2) is 18.3 Å². The van der Waals surface area contributed by atoms with Crippen molar-refractivity contribution in [1.82, 2.24) is 0 Å². The van der Waals surface area contributed by atoms with Crippen LogP contribution in [0, 0.1) is 0 Å². The van der Waals surface area contributed by atoms with Crippen molar-refractivity contribution in [2.45, 2.75) is 38.9 Å². The van der Waals surface area contributed by atoms with Crippen LogP contribution < -0.4 is 10.4 Å². The summed E-state index contributed by atoms with van der Waals surface area (Å²) in [5.74, 6) is 0. The Labute approximate surface area is 1180 Å². The Morgan fingerprint density at radius 1 is 0.148 bits per heavy atom. The van der Waals surface area contributed by atoms with E-state index in [2.05, 4.69) is 154 Å². The minimum absolute atomic E-state index is 0.372. The molecule has 0 bridgehead atoms. The zero-order valence-electron chi connectivity index (χ0n) is 68.0. The van der Waals surface area contributed by atoms with E-state index in [1.54, 1.807) is 107 Å². The Bertz CT molecular complexity index is 10700. The molecule has 1 saturated heterocycles. The summed E-state index contributed by atoms with van der Waals surface area (Å²) in [6.45, 7) is 8.34. The highest BCUT2D eigenvalue weighted by molar-refractivity contribution is 8.88. The lowest BCUT2D eigenvalue weighted by Crippen LogP contribution is -2.41. The molecule has 0 radical (unpaired) electrons. The fraction of sp³-hybridized carbons (Fsp3) is 0.167. The molecule has 0 aliphatic carbocycles. The molecule has 0 unspecified atom stereocenters. The molecule has 0 aromatic heterocycles. The quantitative estimate of drug-likeness (QED) is 0.159. The van der Waals surface area contributed by atoms with Crippen molar-refractivity contribution >= 4 is 1000 Å². The molecule has 0 N–H and O–H groups in total. The first-order chi connectivity index (χ1) is 73.7. The zero-order chi connectivity index (χ0) is 105. The first kappa shape index (κ1) is 159. The molecule has 0 atom stereocenters. The van der Waals surface area contributed by atoms with Crippen LogP contribution in [-0.2, 0) is 982 Å². The second-order valence-corrected chi connectivity index (χ2v) is 208. The summed E-state index contributed by atoms with van der Waals surface area (Å²) in [4.78, 5) is 2.29. The summed E-state index contributed by atoms with van der Waals surface area (Å²) < 4.78 is 12.6. The molecule has 0 saturated carbocycles. The molecule has 6 rings (SSSR count). The second kappa shape index (κ2) is 126. The second-order valence-electron chi connectivity index (χ2n) is 18.6. The molecule has 0 amide bonds. The van der Waals surface area contributed by atoms with E-state index in [4.69, 9.17) is 31.7 Å². The molecule has 113 heteroatoms. The van der Waals surface area contributed by atoms with E-state index in [0.717, 1.165) is 22.5 Å². The fourth-order valence-corrected chi connectivity index (χ4v) is 294. The van der Waals surface area contributed by atoms with E-state index in [1.165, 1.54) is 40.0 Å². The van der Waals surface area contributed by atoms with Crippen LogP contribution in [0.3, 0.4) is 0 Å². The average Bonchev–Trinajstić information content (AvgIpc) is 1.63. The van der Waals surface area contributed by atoms with Crippen LogP contribution >= 0.6 is 0 Å². The van der Waals surface area contributed by atoms with Gasteiger partial charge in [-0.05, 0) is 91.8 Å². The topological polar surface area (TPSA) is 21.7 Å². The van der Waals surface area contributed by atoms with Crippen LogP contribution in [0.15, 0.2) is 133 Å². The van der Waals surface area contributed by atoms with E-state index < -0.39 is 0 Å². The third-order valence-electron chi connectivity index (χ3n) is 11.1. The van der Waals surface area contributed by atoms with Crippen LogP contribution in [0.2, 0.25) is 0 Å². The number of rotatable bonds is 6. The first-order valence-electron chi connectivity index (χ1n) is 31.9. The van der Waals surface area contributed by atoms with Crippen molar-refractivity contribution in [3.8, 4) is 22.3 Å². The molecule has 1 aliphatic heterocycles. The highest BCUT2D eigenvalue weighted by Crippen LogP contribution is 2.39. The van der Waals surface area contributed by atoms with Crippen molar-refractivity contribution in [3.63, 3.8) is 0 Å². The van der Waals surface area contributed by atoms with Gasteiger partial charge in [-0.15, -0.1) is 0 Å². The third kappa shape index (κ3) is 100. The Hall–Kier alpha value is 19.9. The van der Waals surface area contributed by atoms with Gasteiger partial charge in [-0.1, -0.05) is 97.1 Å². The van der Waals surface area contributed by atoms with Crippen molar-refractivity contribution in [1.29, 1.82) is 0 Å². The largest absolute Gasteiger partial charge is 0.494 e. The van der Waals surface area contributed by atoms with Crippen LogP contribution in [0.5, 0.6) is 0 Å². The smallest absolute Gasteiger partial charge is 0.399 e. The standard InChI is InChI=1S/C36H34BNO2.S109/c1-35(2)36(3,4)40-37(39-35)31-19-25-34(26-20-31)38(32-21-15-29(16-22-32)27-11-7-5-8-12-27)33-23-17-30(18-24-33)28-13-9-6-10-14-28;1-3-5-7-9-11-13-15-17-19-21-23-25-27-29-31-33-35-37-39-41-43-45-47-49-51-53-55-57-59-61-63-65-67-69-71-73-75-77-79-81-83-85-87-89-91-93-95-97-99-101-103-105-107-109-108-106-104-102-100-98-96-94-92-90-88-86-84-82-80-78-76-74-72-70-68-66-64-62-60-58-56-54-52-50-48-46-44-42-40-38-36-34-32-30-28-26-24-22-20-18-16-14-12-10-8-6-4-2/h5-26H,1-4H3;. The molecular formula is C36H34BNO2S109. The molecule has 0 spiro atoms. The van der Waals surface area contributed by atoms with Gasteiger partial charge in [0.15, 0.2) is 0 Å². The van der Waals surface area contributed by atoms with E-state index in [-0.39, 0.29) is 18.3 Å². The summed E-state index contributed by atoms with van der Waals surface area (Å²) in [5, 5.41) is 0. The zero-order valence-corrected chi connectivity index (χ0v) is 157. The van der Waals surface area contributed by atoms with Crippen LogP contribution in [0.1, 0.15) is 27.7 Å². The molecule has 3 nitrogen and oxygen atoms in total. The summed E-state index contributed by atoms with van der Waals surface area (Å²) >= 11 is 9.66. The maximum Gasteiger partial charge on any atom is 0.494 e. The predicted molar refractivity (Wildman–Crippen MR) is 970 cm³/mol. The first-order valence-corrected chi connectivity index (χ1v) is 176. The van der Waals surface area contributed by atoms with E-state index in [9.17, 15) is 0 Å². The molecule has 852 valence electrons. The summed E-state index contributed by atoms with van der Waals surface area (Å²) in [6.07, 6.45) is 0. The lowest BCUT2D eigenvalue weighted by molar-refractivity contribution is 0.00578. The maximum atomic E-state index is 6.29. The maximum absolute atomic E-state index is 6.29. The number of hydrogen-bond acceptors (Lipinski definition) is 5. The highest BCUT2D eigenvalue weighted by Gasteiger charge is 2.51. The molecule has 1 fully saturated rings. The molecule has 5 aromatic rings. The van der Waals surface area contributed by atoms with Gasteiger partial charge in [-0.2, -0.15) is 0 Å². The van der Waals surface area contributed by atoms with Crippen LogP contribution in [0.4, 0.5) is 17.1 Å². The average molecular weight is 4020 g/mol. The highest BCUT2D eigenvalue weighted by atomic mass is 33.6. The number of benzene rings is 5. The monoisotopic (exact) mass is 4010 g/mol. The molecule has 1 aliphatic rings. The summed E-state index contributed by atoms with van der Waals surface area (Å²) in [7, 11) is 193. The van der Waals surface area contributed by atoms with Gasteiger partial charge in [0.05, 0.1) is 11.2 Å². The Morgan fingerprint density at radius 2 is 0.255 bits per heavy atom. The Kier molecular flexibility index (Phi) is 134. The van der Waals surface area contributed by atoms with Gasteiger partial charge in [0.2, 0.25) is 0 Å². The van der Waals surface area contributed by atoms with Gasteiger partial charge in [0.1, 0.15) is 0 Å². The normalized spacial score (nSPS) is 9.97. The van der Waals surface area contributed by atoms with Gasteiger partial charge in [-0.25, -0.2) is 0 Å². The molecule has 149 heavy (non-hydrogen) atoms. The van der Waals surface area contributed by atoms with Gasteiger partial charge < -0.3 is 14.2 Å². The van der Waals surface area contributed by atoms with E-state index >= 15 is 0 Å². The Balaban J connectivity index is 0.000000794. The van der Waals surface area contributed by atoms with Crippen molar-refractivity contribution in [2.75, 3.05) is 4.90 Å². The number of hydrogen-bond donors (Lipinski definition) is 0. The van der Waals surface area contributed by atoms with Crippen LogP contribution in [0.25, 0.3) is 22.3 Å². The summed E-state index contributed by atoms with van der Waals surface area (Å²) in [6, 6.07) is 47.0. The lowest BCUT2D eigenvalue weighted by Gasteiger charge is -2.32. The lowest BCUT2D eigenvalue weighted by atomic mass is 9.79. The molecule has 1 heterocycles. The summed E-state index contributed by atoms with van der Waals surface area (Å²) in [5.41, 5.74) is 8.33. The molecular weight excluding hydrogens is 3980 g/mol. The van der Waals surface area contributed by atoms with E-state index in [0.29, 0.717) is 0 Å². The number of anilines is 3. The van der Waals surface area contributed by atoms with Crippen molar-refractivity contribution in [2.24, 2.45) is 0 Å². The predicted octanol–water partition coefficient (Wildman–Crippen LogP) is 8.53. The Morgan fingerprint density at radius 3 is 0.376 bits per heavy atom. The minimum atomic E-state index is -0.386. The van der Waals surface area contributed by atoms with Crippen molar-refractivity contribution < 1.29 is 9.31 Å². The van der Waals surface area contributed by atoms with Gasteiger partial charge >= 0.3 is 7.12 Å². The number of nitrogens with zero attached hydrogens (tertiary/aromatic N) is 1. The SMILES string of the molecule is CC1(C)OB(c2ccc(N(c3ccc(-c4ccccc4)cc3)c3ccc(-c4ccccc4)cc3)cc2)OC1(C)C.S=S=S=S=S=S=S=S=S=S=S=S=S=S=S=S=S=S=S=S=S=S=S=S=S=S=S=S=S=S=S=S=S=S=S=S=S=S=S=S=S=S=S=S=S=S=S=S=S=S=S=S=S=S=S=S=S=S=S=S=S=S=S=S=S=S=S=S=S=S=S=S=S=S=S=S=S=S=S=S=S=S=S=S=S=S=S=S=S=S=S=S=S=S=S=S=S=S=S=S=S=S=S=S=S=S=S=S=S. The van der Waals surface area contributed by atoms with Gasteiger partial charge in [0, 0.05) is 990 Å². The third-order valence-corrected chi connectivity index (χ3v) is 247. The molecule has 5 aromatic carbocycles. The van der Waals surface area contributed by atoms with Gasteiger partial charge in [-0.3, -0.25) is 0 Å².